The predicted molar refractivity (Wildman–Crippen MR) is 104 cm³/mol. The average molecular weight is 358 g/mol. The molecule has 1 aliphatic rings. The maximum absolute atomic E-state index is 12.7. The number of hydrogen-bond acceptors (Lipinski definition) is 3. The Morgan fingerprint density at radius 2 is 1.96 bits per heavy atom. The summed E-state index contributed by atoms with van der Waals surface area (Å²) in [5.74, 6) is 0.701. The van der Waals surface area contributed by atoms with Gasteiger partial charge in [0.05, 0.1) is 17.6 Å². The minimum absolute atomic E-state index is 0.240. The number of nitrogens with zero attached hydrogens (tertiary/aromatic N) is 3. The molecule has 0 aliphatic heterocycles. The molecule has 5 heteroatoms. The zero-order valence-electron chi connectivity index (χ0n) is 15.1. The molecule has 1 aromatic heterocycles. The van der Waals surface area contributed by atoms with Gasteiger partial charge in [0.1, 0.15) is 0 Å². The van der Waals surface area contributed by atoms with Crippen LogP contribution < -0.4 is 0 Å². The van der Waals surface area contributed by atoms with E-state index in [1.165, 1.54) is 31.0 Å². The highest BCUT2D eigenvalue weighted by Gasteiger charge is 2.24. The van der Waals surface area contributed by atoms with Crippen LogP contribution in [0.1, 0.15) is 39.0 Å². The standard InChI is InChI=1S/C20H27N3OS/c1-3-23(17-12-8-5-9-13-17)19(24)15-25-20-21-14-18(22(20)2)16-10-6-4-7-11-16/h4,6-7,10-11,14,17H,3,5,8-9,12-13,15H2,1-2H3. The molecule has 0 bridgehead atoms. The van der Waals surface area contributed by atoms with Crippen molar-refractivity contribution in [3.63, 3.8) is 0 Å². The SMILES string of the molecule is CCN(C(=O)CSc1ncc(-c2ccccc2)n1C)C1CCCCC1. The van der Waals surface area contributed by atoms with Gasteiger partial charge in [0.25, 0.3) is 0 Å². The van der Waals surface area contributed by atoms with Gasteiger partial charge >= 0.3 is 0 Å². The van der Waals surface area contributed by atoms with Crippen LogP contribution in [0.15, 0.2) is 41.7 Å². The lowest BCUT2D eigenvalue weighted by Crippen LogP contribution is -2.42. The van der Waals surface area contributed by atoms with Crippen LogP contribution in [0, 0.1) is 0 Å². The van der Waals surface area contributed by atoms with E-state index in [9.17, 15) is 4.79 Å². The van der Waals surface area contributed by atoms with Crippen LogP contribution in [0.25, 0.3) is 11.3 Å². The minimum atomic E-state index is 0.240. The smallest absolute Gasteiger partial charge is 0.233 e. The second-order valence-electron chi connectivity index (χ2n) is 6.61. The fourth-order valence-corrected chi connectivity index (χ4v) is 4.48. The third-order valence-electron chi connectivity index (χ3n) is 5.02. The van der Waals surface area contributed by atoms with Crippen LogP contribution >= 0.6 is 11.8 Å². The van der Waals surface area contributed by atoms with E-state index in [1.807, 2.05) is 31.4 Å². The van der Waals surface area contributed by atoms with Crippen LogP contribution in [0.4, 0.5) is 0 Å². The summed E-state index contributed by atoms with van der Waals surface area (Å²) in [5.41, 5.74) is 2.23. The first-order valence-corrected chi connectivity index (χ1v) is 10.2. The summed E-state index contributed by atoms with van der Waals surface area (Å²) in [6.45, 7) is 2.89. The normalized spacial score (nSPS) is 15.3. The Kier molecular flexibility index (Phi) is 6.19. The molecule has 0 spiro atoms. The van der Waals surface area contributed by atoms with E-state index in [4.69, 9.17) is 0 Å². The molecule has 3 rings (SSSR count). The van der Waals surface area contributed by atoms with Crippen molar-refractivity contribution in [1.29, 1.82) is 0 Å². The van der Waals surface area contributed by atoms with Gasteiger partial charge in [-0.15, -0.1) is 0 Å². The molecule has 1 aliphatic carbocycles. The molecule has 1 fully saturated rings. The van der Waals surface area contributed by atoms with E-state index in [-0.39, 0.29) is 5.91 Å². The molecule has 1 saturated carbocycles. The summed E-state index contributed by atoms with van der Waals surface area (Å²) in [5, 5.41) is 0.895. The molecule has 25 heavy (non-hydrogen) atoms. The third kappa shape index (κ3) is 4.27. The lowest BCUT2D eigenvalue weighted by Gasteiger charge is -2.33. The first-order valence-electron chi connectivity index (χ1n) is 9.20. The van der Waals surface area contributed by atoms with Gasteiger partial charge in [-0.1, -0.05) is 61.4 Å². The number of aromatic nitrogens is 2. The van der Waals surface area contributed by atoms with E-state index in [2.05, 4.69) is 33.5 Å². The van der Waals surface area contributed by atoms with Gasteiger partial charge < -0.3 is 9.47 Å². The van der Waals surface area contributed by atoms with Crippen molar-refractivity contribution >= 4 is 17.7 Å². The average Bonchev–Trinajstić information content (AvgIpc) is 3.03. The molecule has 0 atom stereocenters. The fraction of sp³-hybridized carbons (Fsp3) is 0.500. The molecule has 1 amide bonds. The molecule has 1 aromatic carbocycles. The van der Waals surface area contributed by atoms with Gasteiger partial charge in [-0.25, -0.2) is 4.98 Å². The number of carbonyl (C=O) groups is 1. The molecule has 0 saturated heterocycles. The second-order valence-corrected chi connectivity index (χ2v) is 7.55. The number of hydrogen-bond donors (Lipinski definition) is 0. The van der Waals surface area contributed by atoms with Gasteiger partial charge in [-0.2, -0.15) is 0 Å². The van der Waals surface area contributed by atoms with Crippen LogP contribution in [0.5, 0.6) is 0 Å². The Morgan fingerprint density at radius 3 is 2.64 bits per heavy atom. The molecule has 0 unspecified atom stereocenters. The first kappa shape index (κ1) is 18.1. The van der Waals surface area contributed by atoms with E-state index in [0.717, 1.165) is 35.8 Å². The van der Waals surface area contributed by atoms with E-state index in [0.29, 0.717) is 11.8 Å². The number of carbonyl (C=O) groups excluding carboxylic acids is 1. The number of thioether (sulfide) groups is 1. The summed E-state index contributed by atoms with van der Waals surface area (Å²) in [7, 11) is 2.01. The lowest BCUT2D eigenvalue weighted by atomic mass is 9.94. The quantitative estimate of drug-likeness (QED) is 0.721. The Hall–Kier alpha value is -1.75. The Labute approximate surface area is 154 Å². The van der Waals surface area contributed by atoms with Crippen molar-refractivity contribution in [2.24, 2.45) is 7.05 Å². The Morgan fingerprint density at radius 1 is 1.24 bits per heavy atom. The first-order chi connectivity index (χ1) is 12.2. The lowest BCUT2D eigenvalue weighted by molar-refractivity contribution is -0.131. The largest absolute Gasteiger partial charge is 0.339 e. The molecule has 1 heterocycles. The van der Waals surface area contributed by atoms with Crippen molar-refractivity contribution in [2.45, 2.75) is 50.2 Å². The molecule has 134 valence electrons. The third-order valence-corrected chi connectivity index (χ3v) is 6.05. The van der Waals surface area contributed by atoms with Crippen molar-refractivity contribution in [2.75, 3.05) is 12.3 Å². The molecule has 0 radical (unpaired) electrons. The molecular formula is C20H27N3OS. The van der Waals surface area contributed by atoms with Crippen molar-refractivity contribution < 1.29 is 4.79 Å². The highest BCUT2D eigenvalue weighted by Crippen LogP contribution is 2.26. The van der Waals surface area contributed by atoms with E-state index < -0.39 is 0 Å². The summed E-state index contributed by atoms with van der Waals surface area (Å²) >= 11 is 1.54. The summed E-state index contributed by atoms with van der Waals surface area (Å²) in [6.07, 6.45) is 8.02. The van der Waals surface area contributed by atoms with Gasteiger partial charge in [0.15, 0.2) is 5.16 Å². The monoisotopic (exact) mass is 357 g/mol. The number of amides is 1. The fourth-order valence-electron chi connectivity index (χ4n) is 3.64. The van der Waals surface area contributed by atoms with Crippen LogP contribution in [0.3, 0.4) is 0 Å². The van der Waals surface area contributed by atoms with Gasteiger partial charge in [0.2, 0.25) is 5.91 Å². The zero-order chi connectivity index (χ0) is 17.6. The number of benzene rings is 1. The van der Waals surface area contributed by atoms with Gasteiger partial charge in [0, 0.05) is 19.6 Å². The summed E-state index contributed by atoms with van der Waals surface area (Å²) in [6, 6.07) is 10.7. The van der Waals surface area contributed by atoms with E-state index in [1.54, 1.807) is 0 Å². The maximum atomic E-state index is 12.7. The van der Waals surface area contributed by atoms with Crippen molar-refractivity contribution in [3.8, 4) is 11.3 Å². The van der Waals surface area contributed by atoms with Crippen molar-refractivity contribution in [1.82, 2.24) is 14.5 Å². The highest BCUT2D eigenvalue weighted by molar-refractivity contribution is 7.99. The minimum Gasteiger partial charge on any atom is -0.339 e. The Balaban J connectivity index is 1.63. The second kappa shape index (κ2) is 8.56. The molecule has 0 N–H and O–H groups in total. The topological polar surface area (TPSA) is 38.1 Å². The summed E-state index contributed by atoms with van der Waals surface area (Å²) < 4.78 is 2.07. The highest BCUT2D eigenvalue weighted by atomic mass is 32.2. The number of rotatable bonds is 6. The zero-order valence-corrected chi connectivity index (χ0v) is 16.0. The summed E-state index contributed by atoms with van der Waals surface area (Å²) in [4.78, 5) is 19.3. The van der Waals surface area contributed by atoms with Crippen LogP contribution in [-0.4, -0.2) is 38.7 Å². The number of imidazole rings is 1. The molecule has 2 aromatic rings. The van der Waals surface area contributed by atoms with Crippen LogP contribution in [0.2, 0.25) is 0 Å². The van der Waals surface area contributed by atoms with Gasteiger partial charge in [-0.3, -0.25) is 4.79 Å². The van der Waals surface area contributed by atoms with Gasteiger partial charge in [-0.05, 0) is 25.3 Å². The molecule has 4 nitrogen and oxygen atoms in total. The van der Waals surface area contributed by atoms with Crippen molar-refractivity contribution in [3.05, 3.63) is 36.5 Å². The predicted octanol–water partition coefficient (Wildman–Crippen LogP) is 4.36. The van der Waals surface area contributed by atoms with E-state index >= 15 is 0 Å². The maximum Gasteiger partial charge on any atom is 0.233 e. The molecular weight excluding hydrogens is 330 g/mol. The van der Waals surface area contributed by atoms with Crippen LogP contribution in [-0.2, 0) is 11.8 Å². The Bertz CT molecular complexity index is 692.